The number of phenols is 1. The molecule has 1 N–H and O–H groups in total. The quantitative estimate of drug-likeness (QED) is 0.206. The molecule has 0 radical (unpaired) electrons. The molecular formula is C20H19F9O5. The number of ether oxygens (including phenoxy) is 2. The van der Waals surface area contributed by atoms with Crippen molar-refractivity contribution in [2.24, 2.45) is 0 Å². The van der Waals surface area contributed by atoms with Crippen molar-refractivity contribution in [1.82, 2.24) is 0 Å². The van der Waals surface area contributed by atoms with Gasteiger partial charge in [-0.1, -0.05) is 13.2 Å². The number of hydrogen-bond acceptors (Lipinski definition) is 5. The summed E-state index contributed by atoms with van der Waals surface area (Å²) in [6, 6.07) is 5.91. The SMILES string of the molecule is C=C(C)C(=O)OCCC(F)(F)C(F)(F)C(F)(F)C(F)(F)F.C=C(C)C(=O)Oc1ccc(O)cc1. The first-order chi connectivity index (χ1) is 15.2. The Bertz CT molecular complexity index is 891. The molecule has 1 rings (SSSR count). The van der Waals surface area contributed by atoms with E-state index in [1.165, 1.54) is 24.3 Å². The van der Waals surface area contributed by atoms with Gasteiger partial charge in [0.05, 0.1) is 13.0 Å². The second-order valence-corrected chi connectivity index (χ2v) is 6.68. The minimum atomic E-state index is -6.94. The molecular weight excluding hydrogens is 491 g/mol. The molecule has 192 valence electrons. The highest BCUT2D eigenvalue weighted by Gasteiger charge is 2.81. The van der Waals surface area contributed by atoms with Crippen molar-refractivity contribution in [2.45, 2.75) is 44.2 Å². The van der Waals surface area contributed by atoms with Gasteiger partial charge in [0.15, 0.2) is 0 Å². The van der Waals surface area contributed by atoms with Crippen LogP contribution in [-0.4, -0.2) is 47.6 Å². The van der Waals surface area contributed by atoms with Crippen LogP contribution in [0.25, 0.3) is 0 Å². The van der Waals surface area contributed by atoms with Gasteiger partial charge in [-0.25, -0.2) is 9.59 Å². The van der Waals surface area contributed by atoms with Gasteiger partial charge < -0.3 is 14.6 Å². The number of alkyl halides is 9. The normalized spacial score (nSPS) is 12.2. The molecule has 0 aliphatic carbocycles. The van der Waals surface area contributed by atoms with Crippen LogP contribution in [0.5, 0.6) is 11.5 Å². The molecule has 0 atom stereocenters. The lowest BCUT2D eigenvalue weighted by Crippen LogP contribution is -2.61. The minimum Gasteiger partial charge on any atom is -0.508 e. The molecule has 0 aliphatic heterocycles. The molecule has 0 heterocycles. The van der Waals surface area contributed by atoms with Crippen LogP contribution in [0, 0.1) is 0 Å². The number of carbonyl (C=O) groups excluding carboxylic acids is 2. The fraction of sp³-hybridized carbons (Fsp3) is 0.400. The summed E-state index contributed by atoms with van der Waals surface area (Å²) in [5.74, 6) is -20.6. The molecule has 5 nitrogen and oxygen atoms in total. The van der Waals surface area contributed by atoms with Crippen molar-refractivity contribution in [3.05, 3.63) is 48.6 Å². The van der Waals surface area contributed by atoms with Crippen LogP contribution in [-0.2, 0) is 14.3 Å². The van der Waals surface area contributed by atoms with E-state index in [9.17, 15) is 49.1 Å². The molecule has 0 saturated carbocycles. The highest BCUT2D eigenvalue weighted by molar-refractivity contribution is 5.88. The summed E-state index contributed by atoms with van der Waals surface area (Å²) in [6.07, 6.45) is -9.08. The first-order valence-corrected chi connectivity index (χ1v) is 8.87. The maximum Gasteiger partial charge on any atom is 0.460 e. The van der Waals surface area contributed by atoms with E-state index in [1.807, 2.05) is 0 Å². The Labute approximate surface area is 187 Å². The zero-order chi connectivity index (χ0) is 27.1. The Balaban J connectivity index is 0.000000712. The summed E-state index contributed by atoms with van der Waals surface area (Å²) in [6.45, 7) is 7.62. The number of halogens is 9. The van der Waals surface area contributed by atoms with Gasteiger partial charge in [-0.2, -0.15) is 39.5 Å². The van der Waals surface area contributed by atoms with E-state index in [1.54, 1.807) is 6.92 Å². The maximum absolute atomic E-state index is 12.9. The van der Waals surface area contributed by atoms with Crippen molar-refractivity contribution in [1.29, 1.82) is 0 Å². The summed E-state index contributed by atoms with van der Waals surface area (Å²) in [5, 5.41) is 8.94. The van der Waals surface area contributed by atoms with Crippen molar-refractivity contribution in [3.63, 3.8) is 0 Å². The number of aromatic hydroxyl groups is 1. The molecule has 0 spiro atoms. The number of hydrogen-bond donors (Lipinski definition) is 1. The molecule has 0 aliphatic rings. The molecule has 0 amide bonds. The third-order valence-corrected chi connectivity index (χ3v) is 3.60. The summed E-state index contributed by atoms with van der Waals surface area (Å²) < 4.78 is 120. The highest BCUT2D eigenvalue weighted by Crippen LogP contribution is 2.53. The number of phenolic OH excluding ortho intramolecular Hbond substituents is 1. The number of benzene rings is 1. The Morgan fingerprint density at radius 1 is 0.824 bits per heavy atom. The van der Waals surface area contributed by atoms with E-state index < -0.39 is 48.9 Å². The van der Waals surface area contributed by atoms with E-state index in [2.05, 4.69) is 17.9 Å². The number of esters is 2. The van der Waals surface area contributed by atoms with Crippen LogP contribution in [0.3, 0.4) is 0 Å². The van der Waals surface area contributed by atoms with E-state index in [0.29, 0.717) is 11.3 Å². The Morgan fingerprint density at radius 2 is 1.26 bits per heavy atom. The topological polar surface area (TPSA) is 72.8 Å². The largest absolute Gasteiger partial charge is 0.508 e. The van der Waals surface area contributed by atoms with Gasteiger partial charge in [0, 0.05) is 11.1 Å². The molecule has 1 aromatic carbocycles. The molecule has 34 heavy (non-hydrogen) atoms. The zero-order valence-electron chi connectivity index (χ0n) is 17.6. The Hall–Kier alpha value is -3.19. The van der Waals surface area contributed by atoms with Crippen LogP contribution < -0.4 is 4.74 Å². The van der Waals surface area contributed by atoms with Gasteiger partial charge in [-0.15, -0.1) is 0 Å². The Morgan fingerprint density at radius 3 is 1.65 bits per heavy atom. The average Bonchev–Trinajstić information content (AvgIpc) is 2.68. The monoisotopic (exact) mass is 510 g/mol. The van der Waals surface area contributed by atoms with E-state index >= 15 is 0 Å². The van der Waals surface area contributed by atoms with Crippen LogP contribution >= 0.6 is 0 Å². The third kappa shape index (κ3) is 7.99. The average molecular weight is 510 g/mol. The maximum atomic E-state index is 12.9. The molecule has 0 fully saturated rings. The standard InChI is InChI=1S/C10H9F9O2.C10H10O3/c1-5(2)6(20)21-4-3-7(11,12)8(13,14)9(15,16)10(17,18)19;1-7(2)10(12)13-9-5-3-8(11)4-6-9/h1,3-4H2,2H3;3-6,11H,1H2,2H3. The smallest absolute Gasteiger partial charge is 0.460 e. The number of carbonyl (C=O) groups is 2. The summed E-state index contributed by atoms with van der Waals surface area (Å²) in [5.41, 5.74) is 0.0405. The fourth-order valence-electron chi connectivity index (χ4n) is 1.67. The highest BCUT2D eigenvalue weighted by atomic mass is 19.4. The first kappa shape index (κ1) is 30.8. The number of rotatable bonds is 8. The van der Waals surface area contributed by atoms with Gasteiger partial charge in [0.1, 0.15) is 11.5 Å². The van der Waals surface area contributed by atoms with Crippen LogP contribution in [0.2, 0.25) is 0 Å². The molecule has 14 heteroatoms. The van der Waals surface area contributed by atoms with Crippen LogP contribution in [0.1, 0.15) is 20.3 Å². The molecule has 1 aromatic rings. The zero-order valence-corrected chi connectivity index (χ0v) is 17.6. The summed E-state index contributed by atoms with van der Waals surface area (Å²) in [4.78, 5) is 21.8. The van der Waals surface area contributed by atoms with Gasteiger partial charge in [-0.05, 0) is 38.1 Å². The van der Waals surface area contributed by atoms with E-state index in [4.69, 9.17) is 9.84 Å². The molecule has 0 aromatic heterocycles. The van der Waals surface area contributed by atoms with Crippen molar-refractivity contribution in [2.75, 3.05) is 6.61 Å². The minimum absolute atomic E-state index is 0.134. The van der Waals surface area contributed by atoms with E-state index in [0.717, 1.165) is 6.92 Å². The predicted molar refractivity (Wildman–Crippen MR) is 99.8 cm³/mol. The van der Waals surface area contributed by atoms with Gasteiger partial charge in [-0.3, -0.25) is 0 Å². The summed E-state index contributed by atoms with van der Waals surface area (Å²) in [7, 11) is 0. The van der Waals surface area contributed by atoms with E-state index in [-0.39, 0.29) is 11.3 Å². The predicted octanol–water partition coefficient (Wildman–Crippen LogP) is 5.84. The van der Waals surface area contributed by atoms with Crippen molar-refractivity contribution >= 4 is 11.9 Å². The second-order valence-electron chi connectivity index (χ2n) is 6.68. The van der Waals surface area contributed by atoms with Crippen LogP contribution in [0.15, 0.2) is 48.6 Å². The lowest BCUT2D eigenvalue weighted by Gasteiger charge is -2.33. The van der Waals surface area contributed by atoms with Gasteiger partial charge >= 0.3 is 35.9 Å². The molecule has 0 bridgehead atoms. The second kappa shape index (κ2) is 11.3. The van der Waals surface area contributed by atoms with Gasteiger partial charge in [0.2, 0.25) is 0 Å². The lowest BCUT2D eigenvalue weighted by atomic mass is 10.0. The van der Waals surface area contributed by atoms with Crippen molar-refractivity contribution < 1.29 is 63.7 Å². The first-order valence-electron chi connectivity index (χ1n) is 8.87. The summed E-state index contributed by atoms with van der Waals surface area (Å²) >= 11 is 0. The molecule has 0 saturated heterocycles. The van der Waals surface area contributed by atoms with Crippen molar-refractivity contribution in [3.8, 4) is 11.5 Å². The lowest BCUT2D eigenvalue weighted by molar-refractivity contribution is -0.397. The van der Waals surface area contributed by atoms with Gasteiger partial charge in [0.25, 0.3) is 0 Å². The third-order valence-electron chi connectivity index (χ3n) is 3.60. The fourth-order valence-corrected chi connectivity index (χ4v) is 1.67. The van der Waals surface area contributed by atoms with Crippen LogP contribution in [0.4, 0.5) is 39.5 Å². The molecule has 0 unspecified atom stereocenters. The Kier molecular flexibility index (Phi) is 10.2.